The summed E-state index contributed by atoms with van der Waals surface area (Å²) < 4.78 is 1.60. The van der Waals surface area contributed by atoms with Crippen molar-refractivity contribution in [2.75, 3.05) is 13.6 Å². The number of carbonyl (C=O) groups is 1. The van der Waals surface area contributed by atoms with E-state index in [4.69, 9.17) is 0 Å². The lowest BCUT2D eigenvalue weighted by atomic mass is 9.82. The highest BCUT2D eigenvalue weighted by atomic mass is 16.3. The van der Waals surface area contributed by atoms with Crippen molar-refractivity contribution in [3.63, 3.8) is 0 Å². The Hall–Kier alpha value is -2.21. The Morgan fingerprint density at radius 1 is 1.36 bits per heavy atom. The lowest BCUT2D eigenvalue weighted by Gasteiger charge is -2.34. The molecule has 0 aliphatic heterocycles. The summed E-state index contributed by atoms with van der Waals surface area (Å²) in [5.41, 5.74) is 2.38. The van der Waals surface area contributed by atoms with Crippen molar-refractivity contribution in [2.45, 2.75) is 25.9 Å². The summed E-state index contributed by atoms with van der Waals surface area (Å²) in [4.78, 5) is 14.0. The molecule has 0 spiro atoms. The number of carbonyl (C=O) groups excluding carboxylic acids is 1. The van der Waals surface area contributed by atoms with Gasteiger partial charge in [0.1, 0.15) is 0 Å². The van der Waals surface area contributed by atoms with E-state index >= 15 is 0 Å². The molecule has 1 N–H and O–H groups in total. The summed E-state index contributed by atoms with van der Waals surface area (Å²) >= 11 is 0. The number of aliphatic hydroxyl groups excluding tert-OH is 1. The molecule has 1 aliphatic carbocycles. The second-order valence-corrected chi connectivity index (χ2v) is 6.06. The largest absolute Gasteiger partial charge is 0.393 e. The molecule has 1 fully saturated rings. The maximum absolute atomic E-state index is 12.3. The molecule has 0 unspecified atom stereocenters. The quantitative estimate of drug-likeness (QED) is 0.927. The SMILES string of the molecule is Cc1ccc(-n2cc(C(=O)N(C)CC3CC(O)C3)nn2)cc1. The molecular weight excluding hydrogens is 280 g/mol. The van der Waals surface area contributed by atoms with Gasteiger partial charge in [-0.15, -0.1) is 5.10 Å². The topological polar surface area (TPSA) is 71.2 Å². The van der Waals surface area contributed by atoms with Gasteiger partial charge in [0.05, 0.1) is 18.0 Å². The van der Waals surface area contributed by atoms with Gasteiger partial charge in [-0.05, 0) is 37.8 Å². The average Bonchev–Trinajstić information content (AvgIpc) is 2.95. The Labute approximate surface area is 129 Å². The lowest BCUT2D eigenvalue weighted by Crippen LogP contribution is -2.39. The van der Waals surface area contributed by atoms with Gasteiger partial charge in [0.2, 0.25) is 0 Å². The Kier molecular flexibility index (Phi) is 3.94. The predicted molar refractivity (Wildman–Crippen MR) is 81.8 cm³/mol. The first-order chi connectivity index (χ1) is 10.5. The smallest absolute Gasteiger partial charge is 0.275 e. The first-order valence-electron chi connectivity index (χ1n) is 7.46. The molecule has 0 atom stereocenters. The molecule has 6 heteroatoms. The van der Waals surface area contributed by atoms with Gasteiger partial charge in [0, 0.05) is 13.6 Å². The lowest BCUT2D eigenvalue weighted by molar-refractivity contribution is 0.0264. The van der Waals surface area contributed by atoms with Crippen molar-refractivity contribution >= 4 is 5.91 Å². The first-order valence-corrected chi connectivity index (χ1v) is 7.46. The zero-order valence-corrected chi connectivity index (χ0v) is 12.8. The number of nitrogens with zero attached hydrogens (tertiary/aromatic N) is 4. The normalized spacial score (nSPS) is 20.5. The zero-order valence-electron chi connectivity index (χ0n) is 12.8. The van der Waals surface area contributed by atoms with Crippen molar-refractivity contribution in [1.82, 2.24) is 19.9 Å². The van der Waals surface area contributed by atoms with Crippen LogP contribution in [0.5, 0.6) is 0 Å². The molecule has 6 nitrogen and oxygen atoms in total. The van der Waals surface area contributed by atoms with E-state index in [0.717, 1.165) is 18.5 Å². The fourth-order valence-electron chi connectivity index (χ4n) is 2.70. The van der Waals surface area contributed by atoms with Crippen molar-refractivity contribution in [1.29, 1.82) is 0 Å². The standard InChI is InChI=1S/C16H20N4O2/c1-11-3-5-13(6-4-11)20-10-15(17-18-20)16(22)19(2)9-12-7-14(21)8-12/h3-6,10,12,14,21H,7-9H2,1-2H3. The van der Waals surface area contributed by atoms with Crippen LogP contribution in [0.2, 0.25) is 0 Å². The van der Waals surface area contributed by atoms with Gasteiger partial charge in [-0.25, -0.2) is 4.68 Å². The third kappa shape index (κ3) is 3.01. The molecule has 1 aromatic heterocycles. The first kappa shape index (κ1) is 14.7. The molecule has 116 valence electrons. The number of hydrogen-bond acceptors (Lipinski definition) is 4. The highest BCUT2D eigenvalue weighted by molar-refractivity contribution is 5.91. The van der Waals surface area contributed by atoms with E-state index in [9.17, 15) is 9.90 Å². The van der Waals surface area contributed by atoms with E-state index in [2.05, 4.69) is 10.3 Å². The van der Waals surface area contributed by atoms with Crippen LogP contribution in [0.4, 0.5) is 0 Å². The minimum atomic E-state index is -0.198. The number of benzene rings is 1. The molecule has 0 radical (unpaired) electrons. The maximum Gasteiger partial charge on any atom is 0.275 e. The number of aryl methyl sites for hydroxylation is 1. The van der Waals surface area contributed by atoms with Crippen LogP contribution in [-0.4, -0.2) is 50.6 Å². The fourth-order valence-corrected chi connectivity index (χ4v) is 2.70. The van der Waals surface area contributed by atoms with Crippen LogP contribution in [0.1, 0.15) is 28.9 Å². The number of aromatic nitrogens is 3. The van der Waals surface area contributed by atoms with Gasteiger partial charge in [0.15, 0.2) is 5.69 Å². The van der Waals surface area contributed by atoms with E-state index in [1.165, 1.54) is 5.56 Å². The van der Waals surface area contributed by atoms with E-state index < -0.39 is 0 Å². The predicted octanol–water partition coefficient (Wildman–Crippen LogP) is 1.42. The molecule has 1 aliphatic rings. The third-order valence-electron chi connectivity index (χ3n) is 4.10. The Morgan fingerprint density at radius 3 is 2.68 bits per heavy atom. The molecule has 0 saturated heterocycles. The highest BCUT2D eigenvalue weighted by Crippen LogP contribution is 2.27. The summed E-state index contributed by atoms with van der Waals surface area (Å²) in [6.07, 6.45) is 3.00. The van der Waals surface area contributed by atoms with Gasteiger partial charge in [0.25, 0.3) is 5.91 Å². The molecule has 0 bridgehead atoms. The van der Waals surface area contributed by atoms with Gasteiger partial charge < -0.3 is 10.0 Å². The molecule has 1 amide bonds. The van der Waals surface area contributed by atoms with Crippen molar-refractivity contribution in [2.24, 2.45) is 5.92 Å². The minimum absolute atomic E-state index is 0.139. The molecule has 3 rings (SSSR count). The number of rotatable bonds is 4. The van der Waals surface area contributed by atoms with Crippen LogP contribution in [-0.2, 0) is 0 Å². The van der Waals surface area contributed by atoms with Crippen molar-refractivity contribution < 1.29 is 9.90 Å². The maximum atomic E-state index is 12.3. The Balaban J connectivity index is 1.67. The second-order valence-electron chi connectivity index (χ2n) is 6.06. The summed E-state index contributed by atoms with van der Waals surface area (Å²) in [7, 11) is 1.76. The van der Waals surface area contributed by atoms with Crippen LogP contribution in [0, 0.1) is 12.8 Å². The molecule has 2 aromatic rings. The third-order valence-corrected chi connectivity index (χ3v) is 4.10. The molecule has 1 aromatic carbocycles. The highest BCUT2D eigenvalue weighted by Gasteiger charge is 2.29. The van der Waals surface area contributed by atoms with E-state index in [1.54, 1.807) is 22.8 Å². The van der Waals surface area contributed by atoms with Gasteiger partial charge in [-0.1, -0.05) is 22.9 Å². The molecule has 22 heavy (non-hydrogen) atoms. The molecule has 1 saturated carbocycles. The van der Waals surface area contributed by atoms with Crippen LogP contribution in [0.25, 0.3) is 5.69 Å². The number of amides is 1. The van der Waals surface area contributed by atoms with Gasteiger partial charge >= 0.3 is 0 Å². The number of aliphatic hydroxyl groups is 1. The zero-order chi connectivity index (χ0) is 15.7. The van der Waals surface area contributed by atoms with E-state index in [1.807, 2.05) is 31.2 Å². The van der Waals surface area contributed by atoms with Crippen LogP contribution < -0.4 is 0 Å². The van der Waals surface area contributed by atoms with E-state index in [0.29, 0.717) is 18.2 Å². The average molecular weight is 300 g/mol. The molecular formula is C16H20N4O2. The van der Waals surface area contributed by atoms with Crippen LogP contribution >= 0.6 is 0 Å². The monoisotopic (exact) mass is 300 g/mol. The Bertz CT molecular complexity index is 659. The van der Waals surface area contributed by atoms with Gasteiger partial charge in [-0.2, -0.15) is 0 Å². The fraction of sp³-hybridized carbons (Fsp3) is 0.438. The van der Waals surface area contributed by atoms with Crippen LogP contribution in [0.15, 0.2) is 30.5 Å². The summed E-state index contributed by atoms with van der Waals surface area (Å²) in [5.74, 6) is 0.246. The summed E-state index contributed by atoms with van der Waals surface area (Å²) in [6.45, 7) is 2.67. The van der Waals surface area contributed by atoms with Crippen molar-refractivity contribution in [3.8, 4) is 5.69 Å². The van der Waals surface area contributed by atoms with Crippen LogP contribution in [0.3, 0.4) is 0 Å². The number of hydrogen-bond donors (Lipinski definition) is 1. The Morgan fingerprint density at radius 2 is 2.05 bits per heavy atom. The summed E-state index contributed by atoms with van der Waals surface area (Å²) in [5, 5.41) is 17.3. The van der Waals surface area contributed by atoms with Crippen molar-refractivity contribution in [3.05, 3.63) is 41.7 Å². The van der Waals surface area contributed by atoms with Gasteiger partial charge in [-0.3, -0.25) is 4.79 Å². The van der Waals surface area contributed by atoms with E-state index in [-0.39, 0.29) is 12.0 Å². The second kappa shape index (κ2) is 5.88. The summed E-state index contributed by atoms with van der Waals surface area (Å²) in [6, 6.07) is 7.87. The molecule has 1 heterocycles. The minimum Gasteiger partial charge on any atom is -0.393 e.